The monoisotopic (exact) mass is 419 g/mol. The molecule has 3 aromatic carbocycles. The standard InChI is InChI=1S/C26H26ClNO2/c1-26(2,3)30-25(29)23-17-20-16-21(27)14-15-22(20)28(23)24(18-10-6-4-7-11-18)19-12-8-5-9-13-19/h4-16,23-24H,17H2,1-3H3/t23-/m0/s1. The molecule has 0 spiro atoms. The summed E-state index contributed by atoms with van der Waals surface area (Å²) in [5.41, 5.74) is 3.78. The summed E-state index contributed by atoms with van der Waals surface area (Å²) in [7, 11) is 0. The lowest BCUT2D eigenvalue weighted by Crippen LogP contribution is -2.44. The topological polar surface area (TPSA) is 29.5 Å². The molecule has 30 heavy (non-hydrogen) atoms. The second-order valence-electron chi connectivity index (χ2n) is 8.66. The van der Waals surface area contributed by atoms with E-state index in [4.69, 9.17) is 16.3 Å². The molecule has 4 heteroatoms. The maximum Gasteiger partial charge on any atom is 0.329 e. The average molecular weight is 420 g/mol. The molecular formula is C26H26ClNO2. The van der Waals surface area contributed by atoms with Crippen molar-refractivity contribution in [1.29, 1.82) is 0 Å². The third-order valence-corrected chi connectivity index (χ3v) is 5.49. The predicted octanol–water partition coefficient (Wildman–Crippen LogP) is 6.20. The Morgan fingerprint density at radius 2 is 1.53 bits per heavy atom. The van der Waals surface area contributed by atoms with E-state index in [2.05, 4.69) is 29.2 Å². The molecule has 3 aromatic rings. The number of hydrogen-bond acceptors (Lipinski definition) is 3. The van der Waals surface area contributed by atoms with Crippen LogP contribution < -0.4 is 4.90 Å². The van der Waals surface area contributed by atoms with Crippen molar-refractivity contribution in [3.63, 3.8) is 0 Å². The van der Waals surface area contributed by atoms with Gasteiger partial charge in [0.25, 0.3) is 0 Å². The van der Waals surface area contributed by atoms with Crippen molar-refractivity contribution >= 4 is 23.3 Å². The van der Waals surface area contributed by atoms with E-state index in [1.165, 1.54) is 0 Å². The summed E-state index contributed by atoms with van der Waals surface area (Å²) in [4.78, 5) is 15.5. The summed E-state index contributed by atoms with van der Waals surface area (Å²) in [6.07, 6.45) is 0.570. The highest BCUT2D eigenvalue weighted by atomic mass is 35.5. The van der Waals surface area contributed by atoms with Gasteiger partial charge in [0.15, 0.2) is 0 Å². The van der Waals surface area contributed by atoms with Gasteiger partial charge in [0, 0.05) is 17.1 Å². The van der Waals surface area contributed by atoms with Gasteiger partial charge >= 0.3 is 5.97 Å². The lowest BCUT2D eigenvalue weighted by molar-refractivity contribution is -0.156. The molecule has 0 saturated heterocycles. The zero-order valence-electron chi connectivity index (χ0n) is 17.5. The van der Waals surface area contributed by atoms with Gasteiger partial charge in [0.05, 0.1) is 6.04 Å². The SMILES string of the molecule is CC(C)(C)OC(=O)[C@@H]1Cc2cc(Cl)ccc2N1C(c1ccccc1)c1ccccc1. The maximum absolute atomic E-state index is 13.3. The molecule has 1 aliphatic heterocycles. The number of carbonyl (C=O) groups is 1. The highest BCUT2D eigenvalue weighted by molar-refractivity contribution is 6.30. The minimum Gasteiger partial charge on any atom is -0.458 e. The van der Waals surface area contributed by atoms with Crippen LogP contribution in [0.15, 0.2) is 78.9 Å². The number of hydrogen-bond donors (Lipinski definition) is 0. The molecule has 3 nitrogen and oxygen atoms in total. The first kappa shape index (κ1) is 20.5. The van der Waals surface area contributed by atoms with E-state index >= 15 is 0 Å². The smallest absolute Gasteiger partial charge is 0.329 e. The summed E-state index contributed by atoms with van der Waals surface area (Å²) in [6, 6.07) is 25.9. The van der Waals surface area contributed by atoms with Gasteiger partial charge < -0.3 is 9.64 Å². The molecule has 1 atom stereocenters. The van der Waals surface area contributed by atoms with Crippen LogP contribution in [0.25, 0.3) is 0 Å². The van der Waals surface area contributed by atoms with Crippen LogP contribution in [0.2, 0.25) is 5.02 Å². The van der Waals surface area contributed by atoms with E-state index in [0.717, 1.165) is 22.4 Å². The van der Waals surface area contributed by atoms with E-state index in [9.17, 15) is 4.79 Å². The highest BCUT2D eigenvalue weighted by Gasteiger charge is 2.41. The molecule has 0 amide bonds. The lowest BCUT2D eigenvalue weighted by atomic mass is 9.96. The molecule has 0 radical (unpaired) electrons. The third-order valence-electron chi connectivity index (χ3n) is 5.26. The molecule has 0 unspecified atom stereocenters. The molecule has 0 N–H and O–H groups in total. The van der Waals surface area contributed by atoms with Crippen LogP contribution in [0.5, 0.6) is 0 Å². The summed E-state index contributed by atoms with van der Waals surface area (Å²) < 4.78 is 5.82. The van der Waals surface area contributed by atoms with E-state index in [1.54, 1.807) is 0 Å². The average Bonchev–Trinajstić information content (AvgIpc) is 3.07. The summed E-state index contributed by atoms with van der Waals surface area (Å²) in [5.74, 6) is -0.216. The predicted molar refractivity (Wildman–Crippen MR) is 122 cm³/mol. The molecule has 1 aliphatic rings. The fourth-order valence-corrected chi connectivity index (χ4v) is 4.31. The molecule has 0 fully saturated rings. The van der Waals surface area contributed by atoms with E-state index < -0.39 is 11.6 Å². The number of fused-ring (bicyclic) bond motifs is 1. The fourth-order valence-electron chi connectivity index (χ4n) is 4.11. The molecule has 0 aliphatic carbocycles. The highest BCUT2D eigenvalue weighted by Crippen LogP contribution is 2.43. The number of benzene rings is 3. The number of esters is 1. The van der Waals surface area contributed by atoms with Crippen molar-refractivity contribution in [2.24, 2.45) is 0 Å². The van der Waals surface area contributed by atoms with Crippen molar-refractivity contribution in [2.45, 2.75) is 44.9 Å². The number of rotatable bonds is 4. The van der Waals surface area contributed by atoms with Gasteiger partial charge in [0.2, 0.25) is 0 Å². The summed E-state index contributed by atoms with van der Waals surface area (Å²) >= 11 is 6.28. The Morgan fingerprint density at radius 3 is 2.07 bits per heavy atom. The first-order valence-electron chi connectivity index (χ1n) is 10.2. The van der Waals surface area contributed by atoms with Crippen LogP contribution in [0, 0.1) is 0 Å². The lowest BCUT2D eigenvalue weighted by Gasteiger charge is -2.36. The van der Waals surface area contributed by atoms with Crippen molar-refractivity contribution in [2.75, 3.05) is 4.90 Å². The van der Waals surface area contributed by atoms with Gasteiger partial charge in [0.1, 0.15) is 11.6 Å². The number of anilines is 1. The first-order chi connectivity index (χ1) is 14.3. The van der Waals surface area contributed by atoms with Crippen LogP contribution in [0.3, 0.4) is 0 Å². The minimum absolute atomic E-state index is 0.118. The van der Waals surface area contributed by atoms with Gasteiger partial charge in [-0.2, -0.15) is 0 Å². The number of ether oxygens (including phenoxy) is 1. The number of nitrogens with zero attached hydrogens (tertiary/aromatic N) is 1. The fraction of sp³-hybridized carbons (Fsp3) is 0.269. The molecule has 0 bridgehead atoms. The van der Waals surface area contributed by atoms with Crippen LogP contribution in [-0.2, 0) is 16.0 Å². The number of halogens is 1. The van der Waals surface area contributed by atoms with E-state index in [0.29, 0.717) is 11.4 Å². The number of carbonyl (C=O) groups excluding carboxylic acids is 1. The molecule has 0 saturated carbocycles. The second-order valence-corrected chi connectivity index (χ2v) is 9.09. The van der Waals surface area contributed by atoms with Crippen LogP contribution in [0.4, 0.5) is 5.69 Å². The van der Waals surface area contributed by atoms with Crippen molar-refractivity contribution in [3.8, 4) is 0 Å². The van der Waals surface area contributed by atoms with Crippen LogP contribution in [0.1, 0.15) is 43.5 Å². The molecule has 1 heterocycles. The first-order valence-corrected chi connectivity index (χ1v) is 10.6. The van der Waals surface area contributed by atoms with Crippen LogP contribution >= 0.6 is 11.6 Å². The zero-order valence-corrected chi connectivity index (χ0v) is 18.3. The Balaban J connectivity index is 1.86. The van der Waals surface area contributed by atoms with Gasteiger partial charge in [-0.05, 0) is 55.7 Å². The van der Waals surface area contributed by atoms with Gasteiger partial charge in [-0.15, -0.1) is 0 Å². The van der Waals surface area contributed by atoms with Gasteiger partial charge in [-0.1, -0.05) is 72.3 Å². The van der Waals surface area contributed by atoms with Crippen LogP contribution in [-0.4, -0.2) is 17.6 Å². The summed E-state index contributed by atoms with van der Waals surface area (Å²) in [6.45, 7) is 5.71. The zero-order chi connectivity index (χ0) is 21.3. The Hall–Kier alpha value is -2.78. The summed E-state index contributed by atoms with van der Waals surface area (Å²) in [5, 5.41) is 0.675. The van der Waals surface area contributed by atoms with Gasteiger partial charge in [-0.3, -0.25) is 0 Å². The molecule has 0 aromatic heterocycles. The molecule has 154 valence electrons. The Labute approximate surface area is 183 Å². The van der Waals surface area contributed by atoms with E-state index in [-0.39, 0.29) is 12.0 Å². The van der Waals surface area contributed by atoms with Gasteiger partial charge in [-0.25, -0.2) is 4.79 Å². The largest absolute Gasteiger partial charge is 0.458 e. The van der Waals surface area contributed by atoms with Crippen molar-refractivity contribution in [1.82, 2.24) is 0 Å². The maximum atomic E-state index is 13.3. The minimum atomic E-state index is -0.551. The molecule has 4 rings (SSSR count). The van der Waals surface area contributed by atoms with Crippen molar-refractivity contribution < 1.29 is 9.53 Å². The van der Waals surface area contributed by atoms with Crippen molar-refractivity contribution in [3.05, 3.63) is 101 Å². The second kappa shape index (κ2) is 8.16. The quantitative estimate of drug-likeness (QED) is 0.471. The Bertz CT molecular complexity index is 988. The Kier molecular flexibility index (Phi) is 5.57. The van der Waals surface area contributed by atoms with E-state index in [1.807, 2.05) is 75.4 Å². The Morgan fingerprint density at radius 1 is 0.967 bits per heavy atom. The molecular weight excluding hydrogens is 394 g/mol. The third kappa shape index (κ3) is 4.22. The normalized spacial score (nSPS) is 15.9.